The molecule has 6 nitrogen and oxygen atoms in total. The highest BCUT2D eigenvalue weighted by Crippen LogP contribution is 2.30. The number of halogens is 1. The zero-order valence-electron chi connectivity index (χ0n) is 13.6. The largest absolute Gasteiger partial charge is 0.446 e. The Morgan fingerprint density at radius 2 is 2.08 bits per heavy atom. The summed E-state index contributed by atoms with van der Waals surface area (Å²) in [5, 5.41) is 3.39. The molecule has 2 amide bonds. The molecule has 7 heteroatoms. The van der Waals surface area contributed by atoms with Crippen LogP contribution in [0.2, 0.25) is 5.02 Å². The highest BCUT2D eigenvalue weighted by atomic mass is 35.5. The minimum absolute atomic E-state index is 0.104. The van der Waals surface area contributed by atoms with E-state index in [0.29, 0.717) is 16.5 Å². The summed E-state index contributed by atoms with van der Waals surface area (Å²) in [6, 6.07) is 7.34. The van der Waals surface area contributed by atoms with Crippen molar-refractivity contribution < 1.29 is 14.0 Å². The van der Waals surface area contributed by atoms with Crippen molar-refractivity contribution in [2.24, 2.45) is 0 Å². The zero-order chi connectivity index (χ0) is 17.4. The van der Waals surface area contributed by atoms with Gasteiger partial charge in [-0.1, -0.05) is 17.7 Å². The number of nitrogens with one attached hydrogen (secondary N) is 1. The fourth-order valence-corrected chi connectivity index (χ4v) is 2.85. The molecule has 2 fully saturated rings. The first kappa shape index (κ1) is 16.1. The number of aromatic nitrogens is 1. The second-order valence-corrected chi connectivity index (χ2v) is 6.99. The van der Waals surface area contributed by atoms with Crippen molar-refractivity contribution in [2.45, 2.75) is 44.3 Å². The van der Waals surface area contributed by atoms with Gasteiger partial charge in [0.1, 0.15) is 6.26 Å². The third-order valence-corrected chi connectivity index (χ3v) is 4.56. The highest BCUT2D eigenvalue weighted by molar-refractivity contribution is 6.30. The number of carbonyl (C=O) groups excluding carboxylic acids is 2. The molecule has 2 saturated carbocycles. The highest BCUT2D eigenvalue weighted by Gasteiger charge is 2.34. The summed E-state index contributed by atoms with van der Waals surface area (Å²) in [7, 11) is 0. The predicted molar refractivity (Wildman–Crippen MR) is 91.3 cm³/mol. The van der Waals surface area contributed by atoms with Crippen LogP contribution in [-0.4, -0.2) is 33.8 Å². The molecule has 0 unspecified atom stereocenters. The van der Waals surface area contributed by atoms with Gasteiger partial charge in [0.05, 0.1) is 6.54 Å². The smallest absolute Gasteiger partial charge is 0.273 e. The topological polar surface area (TPSA) is 75.4 Å². The molecule has 2 aliphatic rings. The Kier molecular flexibility index (Phi) is 4.21. The molecule has 0 aliphatic heterocycles. The Morgan fingerprint density at radius 1 is 1.28 bits per heavy atom. The molecular formula is C18H18ClN3O3. The molecular weight excluding hydrogens is 342 g/mol. The van der Waals surface area contributed by atoms with Gasteiger partial charge in [-0.3, -0.25) is 9.59 Å². The second kappa shape index (κ2) is 6.52. The van der Waals surface area contributed by atoms with Gasteiger partial charge in [-0.2, -0.15) is 0 Å². The Morgan fingerprint density at radius 3 is 2.76 bits per heavy atom. The van der Waals surface area contributed by atoms with Gasteiger partial charge in [-0.05, 0) is 43.9 Å². The SMILES string of the molecule is O=C(NC1CC1)c1coc(CN(C(=O)c2cccc(Cl)c2)C2CC2)n1. The van der Waals surface area contributed by atoms with Gasteiger partial charge < -0.3 is 14.6 Å². The number of carbonyl (C=O) groups is 2. The zero-order valence-corrected chi connectivity index (χ0v) is 14.3. The van der Waals surface area contributed by atoms with Crippen LogP contribution in [0.3, 0.4) is 0 Å². The van der Waals surface area contributed by atoms with Gasteiger partial charge in [0, 0.05) is 22.7 Å². The molecule has 0 radical (unpaired) electrons. The molecule has 1 N–H and O–H groups in total. The minimum atomic E-state index is -0.225. The lowest BCUT2D eigenvalue weighted by Gasteiger charge is -2.20. The average Bonchev–Trinajstić information content (AvgIpc) is 3.53. The van der Waals surface area contributed by atoms with Crippen LogP contribution >= 0.6 is 11.6 Å². The van der Waals surface area contributed by atoms with Crippen molar-refractivity contribution in [1.29, 1.82) is 0 Å². The number of hydrogen-bond acceptors (Lipinski definition) is 4. The van der Waals surface area contributed by atoms with Crippen LogP contribution < -0.4 is 5.32 Å². The number of hydrogen-bond donors (Lipinski definition) is 1. The number of amides is 2. The fraction of sp³-hybridized carbons (Fsp3) is 0.389. The maximum Gasteiger partial charge on any atom is 0.273 e. The van der Waals surface area contributed by atoms with Crippen LogP contribution in [0.5, 0.6) is 0 Å². The molecule has 130 valence electrons. The van der Waals surface area contributed by atoms with Gasteiger partial charge in [-0.25, -0.2) is 4.98 Å². The van der Waals surface area contributed by atoms with Gasteiger partial charge in [0.2, 0.25) is 5.89 Å². The van der Waals surface area contributed by atoms with E-state index in [1.807, 2.05) is 0 Å². The second-order valence-electron chi connectivity index (χ2n) is 6.55. The number of rotatable bonds is 6. The Hall–Kier alpha value is -2.34. The summed E-state index contributed by atoms with van der Waals surface area (Å²) in [4.78, 5) is 30.8. The van der Waals surface area contributed by atoms with Crippen LogP contribution in [0.15, 0.2) is 34.9 Å². The summed E-state index contributed by atoms with van der Waals surface area (Å²) in [6.45, 7) is 0.243. The first-order valence-corrected chi connectivity index (χ1v) is 8.80. The standard InChI is InChI=1S/C18H18ClN3O3/c19-12-3-1-2-11(8-12)18(24)22(14-6-7-14)9-16-21-15(10-25-16)17(23)20-13-4-5-13/h1-3,8,10,13-14H,4-7,9H2,(H,20,23). The van der Waals surface area contributed by atoms with Crippen molar-refractivity contribution in [2.75, 3.05) is 0 Å². The predicted octanol–water partition coefficient (Wildman–Crippen LogP) is 3.03. The molecule has 0 bridgehead atoms. The van der Waals surface area contributed by atoms with E-state index in [9.17, 15) is 9.59 Å². The molecule has 25 heavy (non-hydrogen) atoms. The molecule has 2 aliphatic carbocycles. The van der Waals surface area contributed by atoms with Gasteiger partial charge in [0.15, 0.2) is 5.69 Å². The Balaban J connectivity index is 1.47. The van der Waals surface area contributed by atoms with Crippen molar-refractivity contribution in [3.63, 3.8) is 0 Å². The monoisotopic (exact) mass is 359 g/mol. The van der Waals surface area contributed by atoms with E-state index in [1.54, 1.807) is 29.2 Å². The van der Waals surface area contributed by atoms with Crippen LogP contribution in [0, 0.1) is 0 Å². The lowest BCUT2D eigenvalue weighted by atomic mass is 10.2. The van der Waals surface area contributed by atoms with Gasteiger partial charge in [0.25, 0.3) is 11.8 Å². The maximum atomic E-state index is 12.8. The maximum absolute atomic E-state index is 12.8. The minimum Gasteiger partial charge on any atom is -0.446 e. The normalized spacial score (nSPS) is 16.5. The summed E-state index contributed by atoms with van der Waals surface area (Å²) in [5.74, 6) is 0.0343. The van der Waals surface area contributed by atoms with E-state index < -0.39 is 0 Å². The first-order valence-electron chi connectivity index (χ1n) is 8.42. The fourth-order valence-electron chi connectivity index (χ4n) is 2.66. The van der Waals surface area contributed by atoms with E-state index in [2.05, 4.69) is 10.3 Å². The number of benzene rings is 1. The van der Waals surface area contributed by atoms with Crippen molar-refractivity contribution in [3.8, 4) is 0 Å². The molecule has 0 atom stereocenters. The lowest BCUT2D eigenvalue weighted by molar-refractivity contribution is 0.0714. The van der Waals surface area contributed by atoms with Gasteiger partial charge in [-0.15, -0.1) is 0 Å². The van der Waals surface area contributed by atoms with Crippen molar-refractivity contribution in [3.05, 3.63) is 52.7 Å². The summed E-state index contributed by atoms with van der Waals surface area (Å²) in [5.41, 5.74) is 0.797. The summed E-state index contributed by atoms with van der Waals surface area (Å²) >= 11 is 5.99. The quantitative estimate of drug-likeness (QED) is 0.860. The van der Waals surface area contributed by atoms with Crippen LogP contribution in [0.4, 0.5) is 0 Å². The average molecular weight is 360 g/mol. The first-order chi connectivity index (χ1) is 12.1. The number of nitrogens with zero attached hydrogens (tertiary/aromatic N) is 2. The van der Waals surface area contributed by atoms with Crippen molar-refractivity contribution >= 4 is 23.4 Å². The molecule has 1 aromatic carbocycles. The van der Waals surface area contributed by atoms with Crippen LogP contribution in [0.25, 0.3) is 0 Å². The van der Waals surface area contributed by atoms with E-state index in [-0.39, 0.29) is 36.1 Å². The number of oxazole rings is 1. The molecule has 1 aromatic heterocycles. The summed E-state index contributed by atoms with van der Waals surface area (Å²) in [6.07, 6.45) is 5.30. The molecule has 0 saturated heterocycles. The Labute approximate surface area is 150 Å². The van der Waals surface area contributed by atoms with E-state index in [0.717, 1.165) is 25.7 Å². The van der Waals surface area contributed by atoms with E-state index in [1.165, 1.54) is 6.26 Å². The molecule has 1 heterocycles. The van der Waals surface area contributed by atoms with E-state index >= 15 is 0 Å². The van der Waals surface area contributed by atoms with Crippen LogP contribution in [-0.2, 0) is 6.54 Å². The molecule has 4 rings (SSSR count). The third kappa shape index (κ3) is 3.85. The summed E-state index contributed by atoms with van der Waals surface area (Å²) < 4.78 is 5.41. The van der Waals surface area contributed by atoms with Crippen molar-refractivity contribution in [1.82, 2.24) is 15.2 Å². The Bertz CT molecular complexity index is 811. The lowest BCUT2D eigenvalue weighted by Crippen LogP contribution is -2.32. The van der Waals surface area contributed by atoms with Gasteiger partial charge >= 0.3 is 0 Å². The third-order valence-electron chi connectivity index (χ3n) is 4.32. The molecule has 2 aromatic rings. The molecule has 0 spiro atoms. The van der Waals surface area contributed by atoms with Crippen LogP contribution in [0.1, 0.15) is 52.4 Å². The van der Waals surface area contributed by atoms with E-state index in [4.69, 9.17) is 16.0 Å².